The zero-order valence-corrected chi connectivity index (χ0v) is 13.2. The molecular weight excluding hydrogens is 400 g/mol. The first-order valence-corrected chi connectivity index (χ1v) is 7.34. The number of carboxylic acid groups (broad SMARTS) is 1. The third-order valence-electron chi connectivity index (χ3n) is 2.08. The van der Waals surface area contributed by atoms with E-state index < -0.39 is 5.97 Å². The van der Waals surface area contributed by atoms with Gasteiger partial charge < -0.3 is 10.4 Å². The average molecular weight is 406 g/mol. The number of carboxylic acids is 1. The van der Waals surface area contributed by atoms with E-state index in [4.69, 9.17) is 5.11 Å². The Balaban J connectivity index is 2.19. The van der Waals surface area contributed by atoms with E-state index in [0.717, 1.165) is 8.26 Å². The van der Waals surface area contributed by atoms with Crippen LogP contribution >= 0.6 is 43.2 Å². The third-order valence-corrected chi connectivity index (χ3v) is 5.33. The highest BCUT2D eigenvalue weighted by Gasteiger charge is 2.13. The zero-order chi connectivity index (χ0) is 14.0. The molecule has 0 saturated carbocycles. The molecule has 5 nitrogen and oxygen atoms in total. The summed E-state index contributed by atoms with van der Waals surface area (Å²) in [6.07, 6.45) is 0. The van der Waals surface area contributed by atoms with Gasteiger partial charge in [-0.05, 0) is 50.1 Å². The number of aromatic nitrogens is 1. The van der Waals surface area contributed by atoms with Crippen molar-refractivity contribution in [3.05, 3.63) is 43.1 Å². The molecule has 98 valence electrons. The van der Waals surface area contributed by atoms with Gasteiger partial charge >= 0.3 is 5.97 Å². The predicted molar refractivity (Wildman–Crippen MR) is 78.9 cm³/mol. The molecule has 1 amide bonds. The van der Waals surface area contributed by atoms with E-state index in [1.165, 1.54) is 29.5 Å². The molecule has 2 rings (SSSR count). The minimum atomic E-state index is -1.14. The minimum Gasteiger partial charge on any atom is -0.477 e. The van der Waals surface area contributed by atoms with Crippen LogP contribution in [-0.4, -0.2) is 22.0 Å². The van der Waals surface area contributed by atoms with Crippen molar-refractivity contribution in [2.24, 2.45) is 0 Å². The average Bonchev–Trinajstić information content (AvgIpc) is 2.70. The van der Waals surface area contributed by atoms with Crippen LogP contribution in [-0.2, 0) is 0 Å². The Labute approximate surface area is 128 Å². The van der Waals surface area contributed by atoms with Gasteiger partial charge in [0.05, 0.1) is 8.66 Å². The van der Waals surface area contributed by atoms with Crippen LogP contribution in [0.25, 0.3) is 0 Å². The van der Waals surface area contributed by atoms with Crippen molar-refractivity contribution < 1.29 is 14.7 Å². The summed E-state index contributed by atoms with van der Waals surface area (Å²) in [6.45, 7) is 0. The van der Waals surface area contributed by atoms with Crippen LogP contribution < -0.4 is 5.32 Å². The van der Waals surface area contributed by atoms with Crippen molar-refractivity contribution in [3.8, 4) is 0 Å². The lowest BCUT2D eigenvalue weighted by atomic mass is 10.3. The summed E-state index contributed by atoms with van der Waals surface area (Å²) in [5.41, 5.74) is -0.119. The number of nitrogens with zero attached hydrogens (tertiary/aromatic N) is 1. The monoisotopic (exact) mass is 404 g/mol. The van der Waals surface area contributed by atoms with Gasteiger partial charge in [-0.2, -0.15) is 0 Å². The van der Waals surface area contributed by atoms with Gasteiger partial charge in [0, 0.05) is 4.47 Å². The van der Waals surface area contributed by atoms with Crippen molar-refractivity contribution in [2.75, 3.05) is 5.32 Å². The largest absolute Gasteiger partial charge is 0.477 e. The lowest BCUT2D eigenvalue weighted by molar-refractivity contribution is 0.0690. The molecule has 0 spiro atoms. The Morgan fingerprint density at radius 3 is 2.63 bits per heavy atom. The number of thiophene rings is 1. The molecule has 8 heteroatoms. The van der Waals surface area contributed by atoms with E-state index in [1.54, 1.807) is 6.07 Å². The van der Waals surface area contributed by atoms with Crippen molar-refractivity contribution in [2.45, 2.75) is 0 Å². The van der Waals surface area contributed by atoms with Crippen LogP contribution in [0.4, 0.5) is 5.82 Å². The van der Waals surface area contributed by atoms with Gasteiger partial charge in [-0.3, -0.25) is 4.79 Å². The molecule has 0 bridgehead atoms. The van der Waals surface area contributed by atoms with Crippen LogP contribution in [0, 0.1) is 0 Å². The Morgan fingerprint density at radius 2 is 2.05 bits per heavy atom. The molecule has 0 aliphatic rings. The SMILES string of the molecule is O=C(O)c1cccc(NC(=O)c2cc(Br)c(Br)s2)n1. The highest BCUT2D eigenvalue weighted by molar-refractivity contribution is 9.13. The number of carbonyl (C=O) groups is 2. The molecule has 2 aromatic rings. The second kappa shape index (κ2) is 5.81. The molecule has 0 atom stereocenters. The van der Waals surface area contributed by atoms with Crippen LogP contribution in [0.5, 0.6) is 0 Å². The van der Waals surface area contributed by atoms with Crippen molar-refractivity contribution >= 4 is 60.9 Å². The number of amides is 1. The molecule has 2 N–H and O–H groups in total. The smallest absolute Gasteiger partial charge is 0.354 e. The number of pyridine rings is 1. The summed E-state index contributed by atoms with van der Waals surface area (Å²) in [7, 11) is 0. The van der Waals surface area contributed by atoms with Gasteiger partial charge in [-0.15, -0.1) is 11.3 Å². The maximum Gasteiger partial charge on any atom is 0.354 e. The highest BCUT2D eigenvalue weighted by atomic mass is 79.9. The lowest BCUT2D eigenvalue weighted by Crippen LogP contribution is -2.12. The Morgan fingerprint density at radius 1 is 1.32 bits per heavy atom. The fourth-order valence-corrected chi connectivity index (χ4v) is 3.19. The van der Waals surface area contributed by atoms with Gasteiger partial charge in [-0.25, -0.2) is 9.78 Å². The molecule has 0 aromatic carbocycles. The number of aromatic carboxylic acids is 1. The second-order valence-electron chi connectivity index (χ2n) is 3.40. The normalized spacial score (nSPS) is 10.2. The molecule has 19 heavy (non-hydrogen) atoms. The van der Waals surface area contributed by atoms with E-state index in [2.05, 4.69) is 42.2 Å². The summed E-state index contributed by atoms with van der Waals surface area (Å²) in [6, 6.07) is 6.08. The second-order valence-corrected chi connectivity index (χ2v) is 6.62. The fraction of sp³-hybridized carbons (Fsp3) is 0. The topological polar surface area (TPSA) is 79.3 Å². The fourth-order valence-electron chi connectivity index (χ4n) is 1.26. The number of anilines is 1. The molecule has 0 aliphatic carbocycles. The first-order valence-electron chi connectivity index (χ1n) is 4.94. The van der Waals surface area contributed by atoms with Gasteiger partial charge in [0.1, 0.15) is 5.82 Å². The standard InChI is InChI=1S/C11H6Br2N2O3S/c12-5-4-7(19-9(5)13)10(16)15-8-3-1-2-6(14-8)11(17)18/h1-4H,(H,17,18)(H,14,15,16). The molecule has 0 unspecified atom stereocenters. The summed E-state index contributed by atoms with van der Waals surface area (Å²) >= 11 is 7.86. The van der Waals surface area contributed by atoms with Crippen LogP contribution in [0.3, 0.4) is 0 Å². The summed E-state index contributed by atoms with van der Waals surface area (Å²) in [5.74, 6) is -1.28. The van der Waals surface area contributed by atoms with Gasteiger partial charge in [0.15, 0.2) is 5.69 Å². The first kappa shape index (κ1) is 14.2. The van der Waals surface area contributed by atoms with E-state index >= 15 is 0 Å². The van der Waals surface area contributed by atoms with E-state index in [9.17, 15) is 9.59 Å². The Kier molecular flexibility index (Phi) is 4.33. The maximum atomic E-state index is 11.9. The van der Waals surface area contributed by atoms with Crippen LogP contribution in [0.15, 0.2) is 32.5 Å². The number of halogens is 2. The highest BCUT2D eigenvalue weighted by Crippen LogP contribution is 2.32. The van der Waals surface area contributed by atoms with Gasteiger partial charge in [-0.1, -0.05) is 6.07 Å². The number of hydrogen-bond donors (Lipinski definition) is 2. The summed E-state index contributed by atoms with van der Waals surface area (Å²) < 4.78 is 1.60. The molecule has 0 radical (unpaired) electrons. The zero-order valence-electron chi connectivity index (χ0n) is 9.18. The quantitative estimate of drug-likeness (QED) is 0.817. The number of rotatable bonds is 3. The lowest BCUT2D eigenvalue weighted by Gasteiger charge is -2.03. The molecular formula is C11H6Br2N2O3S. The summed E-state index contributed by atoms with van der Waals surface area (Å²) in [4.78, 5) is 27.0. The van der Waals surface area contributed by atoms with Crippen molar-refractivity contribution in [1.29, 1.82) is 0 Å². The van der Waals surface area contributed by atoms with Gasteiger partial charge in [0.25, 0.3) is 5.91 Å². The number of carbonyl (C=O) groups excluding carboxylic acids is 1. The molecule has 0 aliphatic heterocycles. The number of hydrogen-bond acceptors (Lipinski definition) is 4. The first-order chi connectivity index (χ1) is 8.97. The number of nitrogens with one attached hydrogen (secondary N) is 1. The Hall–Kier alpha value is -1.25. The van der Waals surface area contributed by atoms with E-state index in [1.807, 2.05) is 0 Å². The third kappa shape index (κ3) is 3.40. The van der Waals surface area contributed by atoms with Gasteiger partial charge in [0.2, 0.25) is 0 Å². The van der Waals surface area contributed by atoms with Crippen LogP contribution in [0.2, 0.25) is 0 Å². The van der Waals surface area contributed by atoms with Crippen molar-refractivity contribution in [1.82, 2.24) is 4.98 Å². The van der Waals surface area contributed by atoms with E-state index in [-0.39, 0.29) is 17.4 Å². The maximum absolute atomic E-state index is 11.9. The van der Waals surface area contributed by atoms with Crippen molar-refractivity contribution in [3.63, 3.8) is 0 Å². The molecule has 0 fully saturated rings. The molecule has 0 saturated heterocycles. The van der Waals surface area contributed by atoms with E-state index in [0.29, 0.717) is 4.88 Å². The Bertz CT molecular complexity index is 638. The molecule has 2 heterocycles. The predicted octanol–water partition coefficient (Wildman–Crippen LogP) is 3.62. The van der Waals surface area contributed by atoms with Crippen LogP contribution in [0.1, 0.15) is 20.2 Å². The molecule has 2 aromatic heterocycles. The summed E-state index contributed by atoms with van der Waals surface area (Å²) in [5, 5.41) is 11.4. The minimum absolute atomic E-state index is 0.119.